The quantitative estimate of drug-likeness (QED) is 0.845. The maximum atomic E-state index is 12.6. The number of hydrogen-bond donors (Lipinski definition) is 1. The average Bonchev–Trinajstić information content (AvgIpc) is 3.04. The fourth-order valence-electron chi connectivity index (χ4n) is 3.41. The zero-order chi connectivity index (χ0) is 17.5. The number of nitrogens with zero attached hydrogens (tertiary/aromatic N) is 1. The van der Waals surface area contributed by atoms with Gasteiger partial charge in [-0.05, 0) is 49.5 Å². The molecule has 1 amide bonds. The lowest BCUT2D eigenvalue weighted by molar-refractivity contribution is 0.0931. The van der Waals surface area contributed by atoms with Gasteiger partial charge in [0.25, 0.3) is 5.91 Å². The number of hydrogen-bond acceptors (Lipinski definition) is 4. The molecule has 1 aromatic heterocycles. The molecule has 1 aromatic carbocycles. The molecular formula is C20H26N2O2S. The van der Waals surface area contributed by atoms with Crippen molar-refractivity contribution >= 4 is 17.2 Å². The van der Waals surface area contributed by atoms with Crippen LogP contribution in [0.1, 0.15) is 47.0 Å². The van der Waals surface area contributed by atoms with Crippen molar-refractivity contribution in [1.29, 1.82) is 0 Å². The van der Waals surface area contributed by atoms with Crippen LogP contribution in [-0.4, -0.2) is 37.6 Å². The van der Waals surface area contributed by atoms with Crippen LogP contribution in [0.15, 0.2) is 41.8 Å². The van der Waals surface area contributed by atoms with Gasteiger partial charge in [0.1, 0.15) is 5.75 Å². The summed E-state index contributed by atoms with van der Waals surface area (Å²) in [6, 6.07) is 11.9. The number of thiophene rings is 1. The Balaban J connectivity index is 1.71. The fourth-order valence-corrected chi connectivity index (χ4v) is 4.28. The van der Waals surface area contributed by atoms with Gasteiger partial charge >= 0.3 is 0 Å². The summed E-state index contributed by atoms with van der Waals surface area (Å²) in [5.41, 5.74) is 0.589. The van der Waals surface area contributed by atoms with Crippen LogP contribution in [0.2, 0.25) is 0 Å². The maximum absolute atomic E-state index is 12.6. The van der Waals surface area contributed by atoms with E-state index in [1.54, 1.807) is 24.5 Å². The molecule has 5 heteroatoms. The molecule has 0 spiro atoms. The molecule has 4 nitrogen and oxygen atoms in total. The number of carbonyl (C=O) groups is 1. The number of rotatable bonds is 6. The molecule has 2 heterocycles. The van der Waals surface area contributed by atoms with Gasteiger partial charge in [0.15, 0.2) is 0 Å². The Bertz CT molecular complexity index is 664. The second-order valence-electron chi connectivity index (χ2n) is 6.39. The number of para-hydroxylation sites is 1. The summed E-state index contributed by atoms with van der Waals surface area (Å²) in [6.45, 7) is 2.83. The second-order valence-corrected chi connectivity index (χ2v) is 7.37. The van der Waals surface area contributed by atoms with Crippen molar-refractivity contribution in [2.45, 2.75) is 31.7 Å². The van der Waals surface area contributed by atoms with Gasteiger partial charge in [-0.3, -0.25) is 9.69 Å². The first-order chi connectivity index (χ1) is 12.3. The largest absolute Gasteiger partial charge is 0.496 e. The highest BCUT2D eigenvalue weighted by Crippen LogP contribution is 2.27. The van der Waals surface area contributed by atoms with Crippen LogP contribution in [0.5, 0.6) is 5.75 Å². The van der Waals surface area contributed by atoms with E-state index in [9.17, 15) is 4.79 Å². The molecule has 3 rings (SSSR count). The molecule has 25 heavy (non-hydrogen) atoms. The van der Waals surface area contributed by atoms with Crippen molar-refractivity contribution in [3.05, 3.63) is 52.2 Å². The zero-order valence-electron chi connectivity index (χ0n) is 14.7. The number of ether oxygens (including phenoxy) is 1. The van der Waals surface area contributed by atoms with E-state index < -0.39 is 0 Å². The third-order valence-corrected chi connectivity index (χ3v) is 5.73. The molecule has 1 N–H and O–H groups in total. The number of carbonyl (C=O) groups excluding carboxylic acids is 1. The van der Waals surface area contributed by atoms with Gasteiger partial charge in [-0.2, -0.15) is 0 Å². The topological polar surface area (TPSA) is 41.6 Å². The van der Waals surface area contributed by atoms with E-state index >= 15 is 0 Å². The van der Waals surface area contributed by atoms with Crippen LogP contribution in [0, 0.1) is 0 Å². The summed E-state index contributed by atoms with van der Waals surface area (Å²) in [7, 11) is 1.60. The third kappa shape index (κ3) is 4.61. The smallest absolute Gasteiger partial charge is 0.255 e. The van der Waals surface area contributed by atoms with Gasteiger partial charge in [-0.15, -0.1) is 11.3 Å². The standard InChI is InChI=1S/C20H26N2O2S/c1-24-18-10-5-4-9-16(18)20(23)21-15-17(19-11-8-14-25-19)22-12-6-2-3-7-13-22/h4-5,8-11,14,17H,2-3,6-7,12-13,15H2,1H3,(H,21,23). The van der Waals surface area contributed by atoms with E-state index in [0.29, 0.717) is 17.9 Å². The Labute approximate surface area is 153 Å². The molecule has 0 aliphatic carbocycles. The first kappa shape index (κ1) is 18.0. The highest BCUT2D eigenvalue weighted by Gasteiger charge is 2.23. The van der Waals surface area contributed by atoms with Gasteiger partial charge in [0.05, 0.1) is 18.7 Å². The maximum Gasteiger partial charge on any atom is 0.255 e. The number of methoxy groups -OCH3 is 1. The number of nitrogens with one attached hydrogen (secondary N) is 1. The molecule has 1 unspecified atom stereocenters. The van der Waals surface area contributed by atoms with Crippen LogP contribution >= 0.6 is 11.3 Å². The Morgan fingerprint density at radius 2 is 1.92 bits per heavy atom. The van der Waals surface area contributed by atoms with Crippen molar-refractivity contribution < 1.29 is 9.53 Å². The minimum Gasteiger partial charge on any atom is -0.496 e. The lowest BCUT2D eigenvalue weighted by Gasteiger charge is -2.30. The Kier molecular flexibility index (Phi) is 6.48. The molecular weight excluding hydrogens is 332 g/mol. The van der Waals surface area contributed by atoms with Crippen molar-refractivity contribution in [2.24, 2.45) is 0 Å². The average molecular weight is 359 g/mol. The van der Waals surface area contributed by atoms with Crippen molar-refractivity contribution in [3.8, 4) is 5.75 Å². The lowest BCUT2D eigenvalue weighted by atomic mass is 10.1. The Morgan fingerprint density at radius 1 is 1.16 bits per heavy atom. The lowest BCUT2D eigenvalue weighted by Crippen LogP contribution is -2.38. The van der Waals surface area contributed by atoms with E-state index in [4.69, 9.17) is 4.74 Å². The predicted molar refractivity (Wildman–Crippen MR) is 102 cm³/mol. The normalized spacial score (nSPS) is 16.8. The van der Waals surface area contributed by atoms with Crippen LogP contribution in [0.25, 0.3) is 0 Å². The van der Waals surface area contributed by atoms with Crippen molar-refractivity contribution in [2.75, 3.05) is 26.7 Å². The van der Waals surface area contributed by atoms with E-state index in [0.717, 1.165) is 13.1 Å². The minimum absolute atomic E-state index is 0.0752. The number of benzene rings is 1. The SMILES string of the molecule is COc1ccccc1C(=O)NCC(c1cccs1)N1CCCCCC1. The first-order valence-electron chi connectivity index (χ1n) is 8.98. The van der Waals surface area contributed by atoms with Crippen LogP contribution < -0.4 is 10.1 Å². The summed E-state index contributed by atoms with van der Waals surface area (Å²) in [5.74, 6) is 0.538. The molecule has 1 fully saturated rings. The summed E-state index contributed by atoms with van der Waals surface area (Å²) >= 11 is 1.77. The number of likely N-dealkylation sites (tertiary alicyclic amines) is 1. The van der Waals surface area contributed by atoms with Crippen molar-refractivity contribution in [3.63, 3.8) is 0 Å². The third-order valence-electron chi connectivity index (χ3n) is 4.76. The monoisotopic (exact) mass is 358 g/mol. The fraction of sp³-hybridized carbons (Fsp3) is 0.450. The highest BCUT2D eigenvalue weighted by molar-refractivity contribution is 7.10. The molecule has 1 atom stereocenters. The zero-order valence-corrected chi connectivity index (χ0v) is 15.6. The number of amides is 1. The molecule has 0 radical (unpaired) electrons. The summed E-state index contributed by atoms with van der Waals surface area (Å²) in [4.78, 5) is 16.5. The molecule has 0 bridgehead atoms. The molecule has 1 aliphatic rings. The van der Waals surface area contributed by atoms with Gasteiger partial charge in [-0.1, -0.05) is 31.0 Å². The molecule has 134 valence electrons. The van der Waals surface area contributed by atoms with E-state index in [1.165, 1.54) is 30.6 Å². The summed E-state index contributed by atoms with van der Waals surface area (Å²) in [5, 5.41) is 5.24. The molecule has 1 saturated heterocycles. The molecule has 1 aliphatic heterocycles. The summed E-state index contributed by atoms with van der Waals surface area (Å²) in [6.07, 6.45) is 5.09. The second kappa shape index (κ2) is 9.02. The van der Waals surface area contributed by atoms with Gasteiger partial charge in [0.2, 0.25) is 0 Å². The van der Waals surface area contributed by atoms with Gasteiger partial charge in [-0.25, -0.2) is 0 Å². The Morgan fingerprint density at radius 3 is 2.60 bits per heavy atom. The molecule has 2 aromatic rings. The van der Waals surface area contributed by atoms with E-state index in [2.05, 4.69) is 27.7 Å². The van der Waals surface area contributed by atoms with Crippen LogP contribution in [0.4, 0.5) is 0 Å². The minimum atomic E-state index is -0.0752. The van der Waals surface area contributed by atoms with E-state index in [1.807, 2.05) is 18.2 Å². The predicted octanol–water partition coefficient (Wildman–Crippen LogP) is 4.10. The summed E-state index contributed by atoms with van der Waals surface area (Å²) < 4.78 is 5.31. The van der Waals surface area contributed by atoms with Gasteiger partial charge in [0, 0.05) is 11.4 Å². The van der Waals surface area contributed by atoms with Crippen molar-refractivity contribution in [1.82, 2.24) is 10.2 Å². The highest BCUT2D eigenvalue weighted by atomic mass is 32.1. The first-order valence-corrected chi connectivity index (χ1v) is 9.86. The Hall–Kier alpha value is -1.85. The van der Waals surface area contributed by atoms with Crippen LogP contribution in [-0.2, 0) is 0 Å². The van der Waals surface area contributed by atoms with Gasteiger partial charge < -0.3 is 10.1 Å². The molecule has 0 saturated carbocycles. The van der Waals surface area contributed by atoms with E-state index in [-0.39, 0.29) is 11.9 Å². The van der Waals surface area contributed by atoms with Crippen LogP contribution in [0.3, 0.4) is 0 Å².